The largest absolute Gasteiger partial charge is 0.491 e. The van der Waals surface area contributed by atoms with Gasteiger partial charge in [-0.05, 0) is 42.8 Å². The molecule has 0 saturated heterocycles. The lowest BCUT2D eigenvalue weighted by atomic mass is 9.78. The van der Waals surface area contributed by atoms with Gasteiger partial charge in [0.2, 0.25) is 11.8 Å². The molecule has 2 atom stereocenters. The number of nitrogens with one attached hydrogen (secondary N) is 2. The van der Waals surface area contributed by atoms with Crippen molar-refractivity contribution in [3.8, 4) is 11.8 Å². The average molecular weight is 681 g/mol. The van der Waals surface area contributed by atoms with Gasteiger partial charge in [-0.3, -0.25) is 14.4 Å². The Hall–Kier alpha value is -2.92. The van der Waals surface area contributed by atoms with Gasteiger partial charge in [0.15, 0.2) is 5.75 Å². The highest BCUT2D eigenvalue weighted by molar-refractivity contribution is 9.10. The number of ether oxygens (including phenoxy) is 2. The molecule has 3 rings (SSSR count). The number of rotatable bonds is 8. The Morgan fingerprint density at radius 1 is 1.23 bits per heavy atom. The summed E-state index contributed by atoms with van der Waals surface area (Å²) >= 11 is 16.3. The topological polar surface area (TPSA) is 118 Å². The first kappa shape index (κ1) is 31.6. The Bertz CT molecular complexity index is 1410. The maximum Gasteiger partial charge on any atom is 0.418 e. The molecule has 1 aliphatic rings. The van der Waals surface area contributed by atoms with Crippen molar-refractivity contribution >= 4 is 74.4 Å². The number of thioether (sulfide) groups is 1. The zero-order chi connectivity index (χ0) is 29.8. The van der Waals surface area contributed by atoms with Crippen molar-refractivity contribution in [1.29, 1.82) is 5.26 Å². The van der Waals surface area contributed by atoms with Gasteiger partial charge in [-0.15, -0.1) is 0 Å². The predicted molar refractivity (Wildman–Crippen MR) is 147 cm³/mol. The third-order valence-electron chi connectivity index (χ3n) is 5.56. The number of alkyl halides is 3. The quantitative estimate of drug-likeness (QED) is 0.249. The number of carbonyl (C=O) groups is 3. The van der Waals surface area contributed by atoms with Gasteiger partial charge < -0.3 is 20.1 Å². The molecule has 2 amide bonds. The van der Waals surface area contributed by atoms with E-state index in [-0.39, 0.29) is 43.0 Å². The van der Waals surface area contributed by atoms with E-state index in [2.05, 4.69) is 26.6 Å². The molecule has 0 saturated carbocycles. The Balaban J connectivity index is 1.97. The number of hydrogen-bond donors (Lipinski definition) is 2. The van der Waals surface area contributed by atoms with Crippen LogP contribution in [0.2, 0.25) is 10.0 Å². The molecule has 8 nitrogen and oxygen atoms in total. The van der Waals surface area contributed by atoms with E-state index in [1.807, 2.05) is 6.07 Å². The van der Waals surface area contributed by atoms with Gasteiger partial charge in [-0.25, -0.2) is 0 Å². The molecular formula is C25H19BrCl2F3N3O5S. The van der Waals surface area contributed by atoms with Crippen LogP contribution >= 0.6 is 50.9 Å². The minimum Gasteiger partial charge on any atom is -0.491 e. The number of allylic oxidation sites excluding steroid dienone is 1. The molecule has 0 aliphatic carbocycles. The third kappa shape index (κ3) is 7.04. The summed E-state index contributed by atoms with van der Waals surface area (Å²) < 4.78 is 50.6. The molecule has 2 aromatic carbocycles. The van der Waals surface area contributed by atoms with E-state index in [1.54, 1.807) is 6.92 Å². The molecule has 15 heteroatoms. The van der Waals surface area contributed by atoms with Gasteiger partial charge in [-0.1, -0.05) is 50.9 Å². The van der Waals surface area contributed by atoms with E-state index in [4.69, 9.17) is 32.7 Å². The fourth-order valence-electron chi connectivity index (χ4n) is 3.90. The Kier molecular flexibility index (Phi) is 10.4. The third-order valence-corrected chi connectivity index (χ3v) is 7.63. The highest BCUT2D eigenvalue weighted by Crippen LogP contribution is 2.44. The van der Waals surface area contributed by atoms with Gasteiger partial charge in [-0.2, -0.15) is 18.4 Å². The second kappa shape index (κ2) is 13.2. The number of esters is 1. The van der Waals surface area contributed by atoms with Crippen molar-refractivity contribution < 1.29 is 37.0 Å². The van der Waals surface area contributed by atoms with Crippen LogP contribution in [0.4, 0.5) is 18.9 Å². The summed E-state index contributed by atoms with van der Waals surface area (Å²) in [4.78, 5) is 38.2. The van der Waals surface area contributed by atoms with Crippen molar-refractivity contribution in [3.63, 3.8) is 0 Å². The number of halogens is 6. The molecule has 0 unspecified atom stereocenters. The van der Waals surface area contributed by atoms with Crippen LogP contribution in [-0.2, 0) is 25.3 Å². The number of benzene rings is 2. The van der Waals surface area contributed by atoms with Gasteiger partial charge in [0.1, 0.15) is 5.92 Å². The van der Waals surface area contributed by atoms with Crippen LogP contribution in [0.3, 0.4) is 0 Å². The lowest BCUT2D eigenvalue weighted by Gasteiger charge is -2.31. The maximum atomic E-state index is 13.4. The number of methoxy groups -OCH3 is 1. The maximum absolute atomic E-state index is 13.4. The summed E-state index contributed by atoms with van der Waals surface area (Å²) in [6.07, 6.45) is -4.73. The number of anilines is 1. The summed E-state index contributed by atoms with van der Waals surface area (Å²) in [5.41, 5.74) is -1.41. The summed E-state index contributed by atoms with van der Waals surface area (Å²) in [6.45, 7) is 1.97. The summed E-state index contributed by atoms with van der Waals surface area (Å²) in [5, 5.41) is 14.7. The van der Waals surface area contributed by atoms with Crippen LogP contribution in [0.25, 0.3) is 0 Å². The van der Waals surface area contributed by atoms with E-state index in [1.165, 1.54) is 18.2 Å². The molecule has 2 N–H and O–H groups in total. The van der Waals surface area contributed by atoms with Crippen LogP contribution in [-0.4, -0.2) is 37.3 Å². The SMILES string of the molecule is CCOc1c(Cl)cc([C@@H]2C(C#N)=C(SCC(=O)Nc3ccc(Br)cc3C(F)(F)F)NC(=O)[C@@H]2C(=O)OC)cc1Cl. The molecular weight excluding hydrogens is 662 g/mol. The monoisotopic (exact) mass is 679 g/mol. The number of hydrogen-bond acceptors (Lipinski definition) is 7. The molecule has 1 heterocycles. The molecule has 0 spiro atoms. The molecule has 1 aliphatic heterocycles. The molecule has 40 heavy (non-hydrogen) atoms. The summed E-state index contributed by atoms with van der Waals surface area (Å²) in [5.74, 6) is -5.61. The Morgan fingerprint density at radius 3 is 2.42 bits per heavy atom. The first-order valence-corrected chi connectivity index (χ1v) is 13.8. The Labute approximate surface area is 249 Å². The smallest absolute Gasteiger partial charge is 0.418 e. The average Bonchev–Trinajstić information content (AvgIpc) is 2.88. The van der Waals surface area contributed by atoms with Crippen molar-refractivity contribution in [2.75, 3.05) is 24.8 Å². The summed E-state index contributed by atoms with van der Waals surface area (Å²) in [6, 6.07) is 8.00. The zero-order valence-electron chi connectivity index (χ0n) is 20.6. The van der Waals surface area contributed by atoms with Gasteiger partial charge in [0.25, 0.3) is 0 Å². The molecule has 0 radical (unpaired) electrons. The minimum atomic E-state index is -4.73. The lowest BCUT2D eigenvalue weighted by molar-refractivity contribution is -0.150. The van der Waals surface area contributed by atoms with Crippen LogP contribution in [0, 0.1) is 17.2 Å². The van der Waals surface area contributed by atoms with Crippen molar-refractivity contribution in [2.24, 2.45) is 5.92 Å². The van der Waals surface area contributed by atoms with E-state index in [0.29, 0.717) is 11.8 Å². The van der Waals surface area contributed by atoms with Gasteiger partial charge in [0, 0.05) is 10.4 Å². The van der Waals surface area contributed by atoms with Crippen LogP contribution in [0.1, 0.15) is 24.0 Å². The van der Waals surface area contributed by atoms with Crippen molar-refractivity contribution in [3.05, 3.63) is 66.6 Å². The van der Waals surface area contributed by atoms with E-state index in [9.17, 15) is 32.8 Å². The molecule has 2 aromatic rings. The molecule has 0 aromatic heterocycles. The van der Waals surface area contributed by atoms with E-state index < -0.39 is 52.8 Å². The standard InChI is InChI=1S/C25H19BrCl2F3N3O5S/c1-3-39-21-15(27)6-11(7-16(21)28)19-13(9-32)23(34-22(36)20(19)24(37)38-2)40-10-18(35)33-17-5-4-12(26)8-14(17)25(29,30)31/h4-8,19-20H,3,10H2,1-2H3,(H,33,35)(H,34,36)/t19-,20-/m1/s1. The van der Waals surface area contributed by atoms with E-state index in [0.717, 1.165) is 19.2 Å². The van der Waals surface area contributed by atoms with Crippen molar-refractivity contribution in [2.45, 2.75) is 19.0 Å². The second-order valence-electron chi connectivity index (χ2n) is 8.09. The predicted octanol–water partition coefficient (Wildman–Crippen LogP) is 6.28. The lowest BCUT2D eigenvalue weighted by Crippen LogP contribution is -2.44. The highest BCUT2D eigenvalue weighted by atomic mass is 79.9. The van der Waals surface area contributed by atoms with E-state index >= 15 is 0 Å². The molecule has 212 valence electrons. The van der Waals surface area contributed by atoms with Crippen molar-refractivity contribution in [1.82, 2.24) is 5.32 Å². The Morgan fingerprint density at radius 2 is 1.88 bits per heavy atom. The first-order valence-electron chi connectivity index (χ1n) is 11.3. The number of carbonyl (C=O) groups excluding carboxylic acids is 3. The van der Waals surface area contributed by atoms with Gasteiger partial charge in [0.05, 0.1) is 57.4 Å². The van der Waals surface area contributed by atoms with Crippen LogP contribution in [0.15, 0.2) is 45.4 Å². The number of amides is 2. The van der Waals surface area contributed by atoms with Crippen LogP contribution < -0.4 is 15.4 Å². The minimum absolute atomic E-state index is 0.0687. The molecule has 0 fully saturated rings. The normalized spacial score (nSPS) is 17.1. The second-order valence-corrected chi connectivity index (χ2v) is 10.8. The fraction of sp³-hybridized carbons (Fsp3) is 0.280. The molecule has 0 bridgehead atoms. The fourth-order valence-corrected chi connectivity index (χ4v) is 5.73. The number of nitriles is 1. The number of nitrogens with zero attached hydrogens (tertiary/aromatic N) is 1. The first-order chi connectivity index (χ1) is 18.8. The highest BCUT2D eigenvalue weighted by Gasteiger charge is 2.45. The summed E-state index contributed by atoms with van der Waals surface area (Å²) in [7, 11) is 1.08. The van der Waals surface area contributed by atoms with Crippen LogP contribution in [0.5, 0.6) is 5.75 Å². The zero-order valence-corrected chi connectivity index (χ0v) is 24.5. The van der Waals surface area contributed by atoms with Gasteiger partial charge >= 0.3 is 12.1 Å².